The first-order valence-electron chi connectivity index (χ1n) is 9.60. The maximum atomic E-state index is 13.6. The van der Waals surface area contributed by atoms with E-state index in [-0.39, 0.29) is 37.8 Å². The van der Waals surface area contributed by atoms with Crippen LogP contribution in [0.4, 0.5) is 11.4 Å². The lowest BCUT2D eigenvalue weighted by Gasteiger charge is -2.49. The molecule has 29 heavy (non-hydrogen) atoms. The van der Waals surface area contributed by atoms with Crippen LogP contribution in [0, 0.1) is 6.92 Å². The smallest absolute Gasteiger partial charge is 0.271 e. The summed E-state index contributed by atoms with van der Waals surface area (Å²) >= 11 is 0. The van der Waals surface area contributed by atoms with E-state index in [2.05, 4.69) is 5.32 Å². The van der Waals surface area contributed by atoms with Crippen molar-refractivity contribution in [3.05, 3.63) is 59.7 Å². The second kappa shape index (κ2) is 7.33. The Bertz CT molecular complexity index is 990. The van der Waals surface area contributed by atoms with Crippen LogP contribution in [0.2, 0.25) is 0 Å². The summed E-state index contributed by atoms with van der Waals surface area (Å²) in [7, 11) is 1.54. The molecule has 1 atom stereocenters. The number of ether oxygens (including phenoxy) is 1. The van der Waals surface area contributed by atoms with Gasteiger partial charge < -0.3 is 15.0 Å². The standard InChI is InChI=1S/C22H23N3O4/c1-15-6-5-7-16(14-15)23-21(28)22-11-10-19(26)25(22)18-9-4-3-8-17(18)20(27)24(22)12-13-29-2/h3-9,14H,10-13H2,1-2H3,(H,23,28). The predicted octanol–water partition coefficient (Wildman–Crippen LogP) is 2.56. The molecule has 1 saturated heterocycles. The highest BCUT2D eigenvalue weighted by Crippen LogP contribution is 2.44. The fourth-order valence-corrected chi connectivity index (χ4v) is 4.22. The van der Waals surface area contributed by atoms with Gasteiger partial charge in [-0.3, -0.25) is 19.3 Å². The Hall–Kier alpha value is -3.19. The third-order valence-corrected chi connectivity index (χ3v) is 5.53. The number of hydrogen-bond acceptors (Lipinski definition) is 4. The Labute approximate surface area is 169 Å². The Morgan fingerprint density at radius 1 is 1.17 bits per heavy atom. The van der Waals surface area contributed by atoms with Crippen molar-refractivity contribution in [2.75, 3.05) is 30.5 Å². The van der Waals surface area contributed by atoms with E-state index < -0.39 is 11.6 Å². The van der Waals surface area contributed by atoms with Crippen molar-refractivity contribution in [3.8, 4) is 0 Å². The second-order valence-corrected chi connectivity index (χ2v) is 7.34. The van der Waals surface area contributed by atoms with Crippen molar-refractivity contribution in [1.82, 2.24) is 4.90 Å². The summed E-state index contributed by atoms with van der Waals surface area (Å²) in [5, 5.41) is 2.93. The third kappa shape index (κ3) is 2.98. The molecule has 2 aromatic rings. The molecule has 0 bridgehead atoms. The molecule has 0 spiro atoms. The number of carbonyl (C=O) groups excluding carboxylic acids is 3. The highest BCUT2D eigenvalue weighted by atomic mass is 16.5. The Morgan fingerprint density at radius 3 is 2.72 bits per heavy atom. The molecule has 1 fully saturated rings. The van der Waals surface area contributed by atoms with E-state index in [0.717, 1.165) is 5.56 Å². The molecule has 2 aromatic carbocycles. The van der Waals surface area contributed by atoms with Crippen LogP contribution in [0.25, 0.3) is 0 Å². The topological polar surface area (TPSA) is 79.0 Å². The van der Waals surface area contributed by atoms with E-state index in [1.54, 1.807) is 37.4 Å². The largest absolute Gasteiger partial charge is 0.383 e. The average Bonchev–Trinajstić information content (AvgIpc) is 3.06. The highest BCUT2D eigenvalue weighted by molar-refractivity contribution is 6.18. The molecule has 0 aromatic heterocycles. The highest BCUT2D eigenvalue weighted by Gasteiger charge is 2.60. The van der Waals surface area contributed by atoms with Gasteiger partial charge in [0, 0.05) is 32.2 Å². The molecular formula is C22H23N3O4. The van der Waals surface area contributed by atoms with E-state index in [1.165, 1.54) is 9.80 Å². The van der Waals surface area contributed by atoms with Crippen molar-refractivity contribution in [1.29, 1.82) is 0 Å². The minimum absolute atomic E-state index is 0.174. The van der Waals surface area contributed by atoms with Gasteiger partial charge in [-0.25, -0.2) is 0 Å². The molecule has 4 rings (SSSR count). The molecule has 0 aliphatic carbocycles. The molecule has 0 radical (unpaired) electrons. The van der Waals surface area contributed by atoms with Gasteiger partial charge in [0.05, 0.1) is 17.9 Å². The molecule has 7 heteroatoms. The lowest BCUT2D eigenvalue weighted by molar-refractivity contribution is -0.129. The van der Waals surface area contributed by atoms with Crippen LogP contribution in [0.15, 0.2) is 48.5 Å². The summed E-state index contributed by atoms with van der Waals surface area (Å²) in [6.45, 7) is 2.40. The number of aryl methyl sites for hydroxylation is 1. The van der Waals surface area contributed by atoms with Crippen LogP contribution in [0.1, 0.15) is 28.8 Å². The van der Waals surface area contributed by atoms with Crippen molar-refractivity contribution >= 4 is 29.1 Å². The molecule has 2 aliphatic rings. The first-order valence-corrected chi connectivity index (χ1v) is 9.60. The molecule has 1 unspecified atom stereocenters. The Balaban J connectivity index is 1.83. The predicted molar refractivity (Wildman–Crippen MR) is 109 cm³/mol. The van der Waals surface area contributed by atoms with Crippen molar-refractivity contribution in [3.63, 3.8) is 0 Å². The zero-order valence-corrected chi connectivity index (χ0v) is 16.5. The third-order valence-electron chi connectivity index (χ3n) is 5.53. The van der Waals surface area contributed by atoms with Crippen LogP contribution in [-0.4, -0.2) is 48.5 Å². The molecule has 1 N–H and O–H groups in total. The van der Waals surface area contributed by atoms with Crippen LogP contribution >= 0.6 is 0 Å². The second-order valence-electron chi connectivity index (χ2n) is 7.34. The number of para-hydroxylation sites is 1. The van der Waals surface area contributed by atoms with Crippen LogP contribution in [0.5, 0.6) is 0 Å². The number of benzene rings is 2. The maximum absolute atomic E-state index is 13.6. The lowest BCUT2D eigenvalue weighted by atomic mass is 9.95. The molecular weight excluding hydrogens is 370 g/mol. The number of nitrogens with one attached hydrogen (secondary N) is 1. The Kier molecular flexibility index (Phi) is 4.84. The number of rotatable bonds is 5. The van der Waals surface area contributed by atoms with Crippen LogP contribution in [0.3, 0.4) is 0 Å². The fourth-order valence-electron chi connectivity index (χ4n) is 4.22. The van der Waals surface area contributed by atoms with Crippen LogP contribution < -0.4 is 10.2 Å². The van der Waals surface area contributed by atoms with E-state index in [9.17, 15) is 14.4 Å². The lowest BCUT2D eigenvalue weighted by Crippen LogP contribution is -2.69. The van der Waals surface area contributed by atoms with Crippen LogP contribution in [-0.2, 0) is 14.3 Å². The van der Waals surface area contributed by atoms with Gasteiger partial charge in [-0.1, -0.05) is 24.3 Å². The van der Waals surface area contributed by atoms with Crippen molar-refractivity contribution in [2.24, 2.45) is 0 Å². The van der Waals surface area contributed by atoms with Crippen molar-refractivity contribution in [2.45, 2.75) is 25.4 Å². The summed E-state index contributed by atoms with van der Waals surface area (Å²) in [5.41, 5.74) is 1.11. The van der Waals surface area contributed by atoms with E-state index in [0.29, 0.717) is 16.9 Å². The number of nitrogens with zero attached hydrogens (tertiary/aromatic N) is 2. The molecule has 2 aliphatic heterocycles. The Morgan fingerprint density at radius 2 is 1.97 bits per heavy atom. The molecule has 0 saturated carbocycles. The quantitative estimate of drug-likeness (QED) is 0.847. The zero-order chi connectivity index (χ0) is 20.6. The molecule has 3 amide bonds. The van der Waals surface area contributed by atoms with E-state index in [4.69, 9.17) is 4.74 Å². The first kappa shape index (κ1) is 19.1. The SMILES string of the molecule is COCCN1C(=O)c2ccccc2N2C(=O)CCC12C(=O)Nc1cccc(C)c1. The summed E-state index contributed by atoms with van der Waals surface area (Å²) in [4.78, 5) is 42.8. The molecule has 7 nitrogen and oxygen atoms in total. The summed E-state index contributed by atoms with van der Waals surface area (Å²) in [6, 6.07) is 14.4. The van der Waals surface area contributed by atoms with Gasteiger partial charge in [-0.05, 0) is 36.8 Å². The van der Waals surface area contributed by atoms with Gasteiger partial charge >= 0.3 is 0 Å². The van der Waals surface area contributed by atoms with Gasteiger partial charge in [-0.2, -0.15) is 0 Å². The van der Waals surface area contributed by atoms with Gasteiger partial charge in [-0.15, -0.1) is 0 Å². The minimum atomic E-state index is -1.41. The number of amides is 3. The summed E-state index contributed by atoms with van der Waals surface area (Å²) in [6.07, 6.45) is 0.416. The number of carbonyl (C=O) groups is 3. The molecule has 150 valence electrons. The summed E-state index contributed by atoms with van der Waals surface area (Å²) in [5.74, 6) is -0.845. The van der Waals surface area contributed by atoms with Gasteiger partial charge in [0.1, 0.15) is 0 Å². The van der Waals surface area contributed by atoms with Gasteiger partial charge in [0.25, 0.3) is 11.8 Å². The number of methoxy groups -OCH3 is 1. The number of hydrogen-bond donors (Lipinski definition) is 1. The monoisotopic (exact) mass is 393 g/mol. The average molecular weight is 393 g/mol. The first-order chi connectivity index (χ1) is 14.0. The van der Waals surface area contributed by atoms with E-state index in [1.807, 2.05) is 25.1 Å². The van der Waals surface area contributed by atoms with Gasteiger partial charge in [0.15, 0.2) is 0 Å². The maximum Gasteiger partial charge on any atom is 0.271 e. The number of fused-ring (bicyclic) bond motifs is 3. The van der Waals surface area contributed by atoms with Crippen molar-refractivity contribution < 1.29 is 19.1 Å². The number of anilines is 2. The summed E-state index contributed by atoms with van der Waals surface area (Å²) < 4.78 is 5.19. The van der Waals surface area contributed by atoms with E-state index >= 15 is 0 Å². The zero-order valence-electron chi connectivity index (χ0n) is 16.5. The van der Waals surface area contributed by atoms with Gasteiger partial charge in [0.2, 0.25) is 11.6 Å². The molecule has 2 heterocycles. The minimum Gasteiger partial charge on any atom is -0.383 e. The normalized spacial score (nSPS) is 20.5. The fraction of sp³-hybridized carbons (Fsp3) is 0.318.